The Morgan fingerprint density at radius 1 is 1.16 bits per heavy atom. The average Bonchev–Trinajstić information content (AvgIpc) is 3.03. The van der Waals surface area contributed by atoms with Crippen molar-refractivity contribution in [1.29, 1.82) is 0 Å². The number of rotatable bonds is 4. The van der Waals surface area contributed by atoms with Crippen LogP contribution in [0.15, 0.2) is 16.7 Å². The largest absolute Gasteiger partial charge is 0.496 e. The van der Waals surface area contributed by atoms with Gasteiger partial charge < -0.3 is 24.2 Å². The third-order valence-electron chi connectivity index (χ3n) is 4.62. The van der Waals surface area contributed by atoms with Gasteiger partial charge in [0.1, 0.15) is 0 Å². The molecule has 2 N–H and O–H groups in total. The number of nitrogen functional groups attached to an aromatic ring is 1. The van der Waals surface area contributed by atoms with E-state index in [0.29, 0.717) is 17.5 Å². The minimum Gasteiger partial charge on any atom is -0.477 e. The Balaban J connectivity index is 1.82. The second kappa shape index (κ2) is 6.00. The molecule has 2 aromatic heterocycles. The number of pyridine rings is 1. The Morgan fingerprint density at radius 2 is 1.80 bits per heavy atom. The van der Waals surface area contributed by atoms with Gasteiger partial charge >= 0.3 is 7.12 Å². The summed E-state index contributed by atoms with van der Waals surface area (Å²) < 4.78 is 23.3. The molecule has 134 valence electrons. The van der Waals surface area contributed by atoms with Crippen LogP contribution in [0.2, 0.25) is 0 Å². The standard InChI is InChI=1S/C16H23BN4O4/c1-9(14-21-20-10(2)23-14)22-12-7-11(8-19-13(12)18)17-24-15(3,4)16(5,6)25-17/h7-9H,1-6H3,(H2,18,19)/t9-/m1/s1. The Hall–Kier alpha value is -2.13. The SMILES string of the molecule is Cc1nnc([C@@H](C)Oc2cc(B3OC(C)(C)C(C)(C)O3)cnc2N)o1. The molecule has 0 aliphatic carbocycles. The first-order valence-corrected chi connectivity index (χ1v) is 8.17. The summed E-state index contributed by atoms with van der Waals surface area (Å²) in [4.78, 5) is 4.20. The van der Waals surface area contributed by atoms with Gasteiger partial charge in [-0.1, -0.05) is 0 Å². The maximum atomic E-state index is 6.04. The quantitative estimate of drug-likeness (QED) is 0.836. The minimum absolute atomic E-state index is 0.267. The van der Waals surface area contributed by atoms with E-state index in [0.717, 1.165) is 5.46 Å². The molecule has 1 atom stereocenters. The smallest absolute Gasteiger partial charge is 0.477 e. The molecule has 2 aromatic rings. The van der Waals surface area contributed by atoms with Crippen LogP contribution in [0.4, 0.5) is 5.82 Å². The van der Waals surface area contributed by atoms with Crippen molar-refractivity contribution in [3.05, 3.63) is 24.0 Å². The molecule has 0 spiro atoms. The summed E-state index contributed by atoms with van der Waals surface area (Å²) in [6.45, 7) is 11.5. The highest BCUT2D eigenvalue weighted by molar-refractivity contribution is 6.62. The van der Waals surface area contributed by atoms with E-state index >= 15 is 0 Å². The van der Waals surface area contributed by atoms with Gasteiger partial charge in [0.15, 0.2) is 17.7 Å². The van der Waals surface area contributed by atoms with Gasteiger partial charge in [0.05, 0.1) is 11.2 Å². The number of hydrogen-bond donors (Lipinski definition) is 1. The first kappa shape index (κ1) is 17.7. The predicted octanol–water partition coefficient (Wildman–Crippen LogP) is 1.79. The van der Waals surface area contributed by atoms with Crippen molar-refractivity contribution in [2.45, 2.75) is 58.8 Å². The molecule has 0 unspecified atom stereocenters. The zero-order valence-electron chi connectivity index (χ0n) is 15.4. The van der Waals surface area contributed by atoms with E-state index in [2.05, 4.69) is 15.2 Å². The van der Waals surface area contributed by atoms with Gasteiger partial charge in [0, 0.05) is 18.6 Å². The third kappa shape index (κ3) is 3.34. The lowest BCUT2D eigenvalue weighted by atomic mass is 9.80. The van der Waals surface area contributed by atoms with Crippen LogP contribution in [0, 0.1) is 6.92 Å². The van der Waals surface area contributed by atoms with Crippen molar-refractivity contribution >= 4 is 18.4 Å². The molecule has 1 fully saturated rings. The van der Waals surface area contributed by atoms with Crippen molar-refractivity contribution in [3.8, 4) is 5.75 Å². The summed E-state index contributed by atoms with van der Waals surface area (Å²) in [5, 5.41) is 7.76. The third-order valence-corrected chi connectivity index (χ3v) is 4.62. The van der Waals surface area contributed by atoms with Crippen molar-refractivity contribution in [2.75, 3.05) is 5.73 Å². The number of nitrogens with two attached hydrogens (primary N) is 1. The number of aromatic nitrogens is 3. The maximum absolute atomic E-state index is 6.04. The zero-order chi connectivity index (χ0) is 18.4. The topological polar surface area (TPSA) is 106 Å². The summed E-state index contributed by atoms with van der Waals surface area (Å²) in [6, 6.07) is 1.77. The molecule has 1 aliphatic heterocycles. The Kier molecular flexibility index (Phi) is 4.24. The van der Waals surface area contributed by atoms with Crippen molar-refractivity contribution < 1.29 is 18.5 Å². The van der Waals surface area contributed by atoms with Crippen molar-refractivity contribution in [1.82, 2.24) is 15.2 Å². The number of hydrogen-bond acceptors (Lipinski definition) is 8. The first-order chi connectivity index (χ1) is 11.6. The summed E-state index contributed by atoms with van der Waals surface area (Å²) in [5.74, 6) is 1.53. The summed E-state index contributed by atoms with van der Waals surface area (Å²) in [6.07, 6.45) is 1.17. The summed E-state index contributed by atoms with van der Waals surface area (Å²) in [5.41, 5.74) is 5.80. The van der Waals surface area contributed by atoms with Crippen LogP contribution < -0.4 is 15.9 Å². The molecule has 0 aromatic carbocycles. The van der Waals surface area contributed by atoms with Gasteiger partial charge in [-0.3, -0.25) is 0 Å². The number of ether oxygens (including phenoxy) is 1. The normalized spacial score (nSPS) is 19.8. The highest BCUT2D eigenvalue weighted by atomic mass is 16.7. The first-order valence-electron chi connectivity index (χ1n) is 8.17. The molecule has 1 aliphatic rings. The zero-order valence-corrected chi connectivity index (χ0v) is 15.4. The lowest BCUT2D eigenvalue weighted by Gasteiger charge is -2.32. The molecule has 0 saturated carbocycles. The minimum atomic E-state index is -0.540. The van der Waals surface area contributed by atoms with E-state index in [1.54, 1.807) is 26.1 Å². The highest BCUT2D eigenvalue weighted by Crippen LogP contribution is 2.37. The number of nitrogens with zero attached hydrogens (tertiary/aromatic N) is 3. The van der Waals surface area contributed by atoms with Crippen LogP contribution in [0.3, 0.4) is 0 Å². The van der Waals surface area contributed by atoms with E-state index in [1.165, 1.54) is 0 Å². The van der Waals surface area contributed by atoms with Gasteiger partial charge in [-0.15, -0.1) is 10.2 Å². The van der Waals surface area contributed by atoms with Crippen LogP contribution in [0.25, 0.3) is 0 Å². The Labute approximate surface area is 147 Å². The molecular weight excluding hydrogens is 323 g/mol. The van der Waals surface area contributed by atoms with Crippen molar-refractivity contribution in [2.24, 2.45) is 0 Å². The lowest BCUT2D eigenvalue weighted by molar-refractivity contribution is 0.00578. The Morgan fingerprint density at radius 3 is 2.36 bits per heavy atom. The molecule has 25 heavy (non-hydrogen) atoms. The second-order valence-electron chi connectivity index (χ2n) is 7.16. The fraction of sp³-hybridized carbons (Fsp3) is 0.562. The summed E-state index contributed by atoms with van der Waals surface area (Å²) in [7, 11) is -0.540. The molecule has 0 amide bonds. The van der Waals surface area contributed by atoms with Gasteiger partial charge in [-0.2, -0.15) is 0 Å². The van der Waals surface area contributed by atoms with Gasteiger partial charge in [0.2, 0.25) is 5.89 Å². The number of anilines is 1. The van der Waals surface area contributed by atoms with E-state index in [4.69, 9.17) is 24.2 Å². The van der Waals surface area contributed by atoms with E-state index in [9.17, 15) is 0 Å². The van der Waals surface area contributed by atoms with Crippen LogP contribution in [0.5, 0.6) is 5.75 Å². The molecule has 1 saturated heterocycles. The van der Waals surface area contributed by atoms with Crippen LogP contribution >= 0.6 is 0 Å². The predicted molar refractivity (Wildman–Crippen MR) is 92.4 cm³/mol. The van der Waals surface area contributed by atoms with E-state index in [1.807, 2.05) is 27.7 Å². The van der Waals surface area contributed by atoms with Crippen LogP contribution in [0.1, 0.15) is 52.5 Å². The highest BCUT2D eigenvalue weighted by Gasteiger charge is 2.52. The molecule has 0 radical (unpaired) electrons. The second-order valence-corrected chi connectivity index (χ2v) is 7.16. The van der Waals surface area contributed by atoms with Crippen LogP contribution in [-0.4, -0.2) is 33.5 Å². The molecule has 8 nitrogen and oxygen atoms in total. The lowest BCUT2D eigenvalue weighted by Crippen LogP contribution is -2.41. The molecule has 3 rings (SSSR count). The van der Waals surface area contributed by atoms with Gasteiger partial charge in [-0.25, -0.2) is 4.98 Å². The number of aryl methyl sites for hydroxylation is 1. The molecule has 3 heterocycles. The molecule has 0 bridgehead atoms. The van der Waals surface area contributed by atoms with Gasteiger partial charge in [0.25, 0.3) is 5.89 Å². The van der Waals surface area contributed by atoms with Crippen LogP contribution in [-0.2, 0) is 9.31 Å². The summed E-state index contributed by atoms with van der Waals surface area (Å²) >= 11 is 0. The fourth-order valence-corrected chi connectivity index (χ4v) is 2.39. The van der Waals surface area contributed by atoms with Gasteiger partial charge in [-0.05, 0) is 40.7 Å². The van der Waals surface area contributed by atoms with E-state index < -0.39 is 24.4 Å². The monoisotopic (exact) mass is 346 g/mol. The van der Waals surface area contributed by atoms with Crippen molar-refractivity contribution in [3.63, 3.8) is 0 Å². The van der Waals surface area contributed by atoms with E-state index in [-0.39, 0.29) is 5.82 Å². The molecular formula is C16H23BN4O4. The Bertz CT molecular complexity index is 761. The fourth-order valence-electron chi connectivity index (χ4n) is 2.39. The average molecular weight is 346 g/mol. The maximum Gasteiger partial charge on any atom is 0.496 e. The molecule has 9 heteroatoms.